The second kappa shape index (κ2) is 7.99. The lowest BCUT2D eigenvalue weighted by Gasteiger charge is -2.16. The van der Waals surface area contributed by atoms with Crippen molar-refractivity contribution in [2.75, 3.05) is 20.1 Å². The third kappa shape index (κ3) is 5.28. The monoisotopic (exact) mass is 297 g/mol. The van der Waals surface area contributed by atoms with E-state index in [0.29, 0.717) is 12.5 Å². The minimum atomic E-state index is -0.121. The number of rotatable bonds is 7. The second-order valence-electron chi connectivity index (χ2n) is 5.11. The summed E-state index contributed by atoms with van der Waals surface area (Å²) < 4.78 is 0. The summed E-state index contributed by atoms with van der Waals surface area (Å²) in [5, 5.41) is 5.71. The molecule has 2 amide bonds. The van der Waals surface area contributed by atoms with E-state index in [0.717, 1.165) is 17.1 Å². The van der Waals surface area contributed by atoms with Crippen LogP contribution >= 0.6 is 11.3 Å². The molecule has 5 nitrogen and oxygen atoms in total. The van der Waals surface area contributed by atoms with Gasteiger partial charge in [-0.2, -0.15) is 0 Å². The average molecular weight is 297 g/mol. The molecule has 0 fully saturated rings. The van der Waals surface area contributed by atoms with Gasteiger partial charge in [-0.25, -0.2) is 4.98 Å². The maximum Gasteiger partial charge on any atom is 0.239 e. The summed E-state index contributed by atoms with van der Waals surface area (Å²) in [5.41, 5.74) is 0.782. The van der Waals surface area contributed by atoms with Gasteiger partial charge in [-0.3, -0.25) is 9.59 Å². The Morgan fingerprint density at radius 1 is 1.45 bits per heavy atom. The lowest BCUT2D eigenvalue weighted by atomic mass is 10.2. The third-order valence-electron chi connectivity index (χ3n) is 2.77. The summed E-state index contributed by atoms with van der Waals surface area (Å²) in [5.74, 6) is 0.169. The molecule has 0 spiro atoms. The minimum Gasteiger partial charge on any atom is -0.355 e. The zero-order valence-electron chi connectivity index (χ0n) is 12.6. The minimum absolute atomic E-state index is 0.0859. The number of aromatic nitrogens is 1. The summed E-state index contributed by atoms with van der Waals surface area (Å²) in [6.07, 6.45) is 1.14. The largest absolute Gasteiger partial charge is 0.355 e. The van der Waals surface area contributed by atoms with E-state index in [1.54, 1.807) is 18.4 Å². The molecule has 0 aliphatic rings. The zero-order valence-corrected chi connectivity index (χ0v) is 13.4. The molecular formula is C14H23N3O2S. The van der Waals surface area contributed by atoms with Gasteiger partial charge in [-0.05, 0) is 6.42 Å². The van der Waals surface area contributed by atoms with Crippen LogP contribution in [0.25, 0.3) is 0 Å². The predicted molar refractivity (Wildman–Crippen MR) is 80.8 cm³/mol. The molecule has 20 heavy (non-hydrogen) atoms. The Morgan fingerprint density at radius 3 is 2.70 bits per heavy atom. The highest BCUT2D eigenvalue weighted by molar-refractivity contribution is 7.09. The molecule has 1 rings (SSSR count). The van der Waals surface area contributed by atoms with Crippen LogP contribution in [-0.2, 0) is 16.0 Å². The highest BCUT2D eigenvalue weighted by Crippen LogP contribution is 2.19. The van der Waals surface area contributed by atoms with E-state index in [2.05, 4.69) is 24.1 Å². The molecular weight excluding hydrogens is 274 g/mol. The number of nitrogens with zero attached hydrogens (tertiary/aromatic N) is 2. The number of nitrogens with one attached hydrogen (secondary N) is 1. The maximum absolute atomic E-state index is 12.0. The molecule has 0 unspecified atom stereocenters. The van der Waals surface area contributed by atoms with Crippen LogP contribution < -0.4 is 5.32 Å². The molecule has 0 radical (unpaired) electrons. The molecule has 0 saturated carbocycles. The zero-order chi connectivity index (χ0) is 15.1. The van der Waals surface area contributed by atoms with Crippen molar-refractivity contribution in [2.24, 2.45) is 0 Å². The average Bonchev–Trinajstić information content (AvgIpc) is 2.84. The van der Waals surface area contributed by atoms with Crippen molar-refractivity contribution in [2.45, 2.75) is 39.5 Å². The molecule has 0 atom stereocenters. The first-order valence-corrected chi connectivity index (χ1v) is 7.77. The van der Waals surface area contributed by atoms with Crippen molar-refractivity contribution in [1.82, 2.24) is 15.2 Å². The SMILES string of the molecule is CCCNC(=O)CN(C)C(=O)Cc1csc(C(C)C)n1. The third-order valence-corrected chi connectivity index (χ3v) is 3.97. The number of thiazole rings is 1. The van der Waals surface area contributed by atoms with E-state index in [1.807, 2.05) is 12.3 Å². The van der Waals surface area contributed by atoms with E-state index in [4.69, 9.17) is 0 Å². The molecule has 1 aromatic rings. The van der Waals surface area contributed by atoms with Gasteiger partial charge in [-0.1, -0.05) is 20.8 Å². The van der Waals surface area contributed by atoms with Crippen LogP contribution in [0.15, 0.2) is 5.38 Å². The number of hydrogen-bond acceptors (Lipinski definition) is 4. The predicted octanol–water partition coefficient (Wildman–Crippen LogP) is 1.79. The van der Waals surface area contributed by atoms with Crippen molar-refractivity contribution < 1.29 is 9.59 Å². The van der Waals surface area contributed by atoms with Crippen LogP contribution in [0.5, 0.6) is 0 Å². The Bertz CT molecular complexity index is 457. The molecule has 1 aromatic heterocycles. The fourth-order valence-corrected chi connectivity index (χ4v) is 2.42. The van der Waals surface area contributed by atoms with Crippen molar-refractivity contribution >= 4 is 23.2 Å². The highest BCUT2D eigenvalue weighted by atomic mass is 32.1. The maximum atomic E-state index is 12.0. The van der Waals surface area contributed by atoms with Gasteiger partial charge in [0, 0.05) is 24.9 Å². The number of likely N-dealkylation sites (N-methyl/N-ethyl adjacent to an activating group) is 1. The molecule has 0 saturated heterocycles. The number of amides is 2. The second-order valence-corrected chi connectivity index (χ2v) is 6.00. The van der Waals surface area contributed by atoms with E-state index in [1.165, 1.54) is 4.90 Å². The van der Waals surface area contributed by atoms with Crippen molar-refractivity contribution in [3.63, 3.8) is 0 Å². The van der Waals surface area contributed by atoms with E-state index < -0.39 is 0 Å². The summed E-state index contributed by atoms with van der Waals surface area (Å²) in [7, 11) is 1.64. The summed E-state index contributed by atoms with van der Waals surface area (Å²) in [4.78, 5) is 29.4. The fourth-order valence-electron chi connectivity index (χ4n) is 1.58. The highest BCUT2D eigenvalue weighted by Gasteiger charge is 2.15. The molecule has 0 aliphatic heterocycles. The summed E-state index contributed by atoms with van der Waals surface area (Å²) >= 11 is 1.58. The molecule has 1 N–H and O–H groups in total. The number of carbonyl (C=O) groups excluding carboxylic acids is 2. The van der Waals surface area contributed by atoms with E-state index >= 15 is 0 Å². The van der Waals surface area contributed by atoms with Gasteiger partial charge in [0.15, 0.2) is 0 Å². The van der Waals surface area contributed by atoms with Gasteiger partial charge >= 0.3 is 0 Å². The summed E-state index contributed by atoms with van der Waals surface area (Å²) in [6, 6.07) is 0. The van der Waals surface area contributed by atoms with Gasteiger partial charge in [0.25, 0.3) is 0 Å². The molecule has 112 valence electrons. The Hall–Kier alpha value is -1.43. The van der Waals surface area contributed by atoms with Gasteiger partial charge in [0.2, 0.25) is 11.8 Å². The smallest absolute Gasteiger partial charge is 0.239 e. The van der Waals surface area contributed by atoms with Crippen molar-refractivity contribution in [3.05, 3.63) is 16.1 Å². The lowest BCUT2D eigenvalue weighted by Crippen LogP contribution is -2.39. The number of hydrogen-bond donors (Lipinski definition) is 1. The van der Waals surface area contributed by atoms with Gasteiger partial charge in [0.1, 0.15) is 0 Å². The van der Waals surface area contributed by atoms with E-state index in [-0.39, 0.29) is 24.8 Å². The Morgan fingerprint density at radius 2 is 2.15 bits per heavy atom. The van der Waals surface area contributed by atoms with Gasteiger partial charge < -0.3 is 10.2 Å². The molecule has 0 bridgehead atoms. The molecule has 0 aliphatic carbocycles. The quantitative estimate of drug-likeness (QED) is 0.834. The first kappa shape index (κ1) is 16.6. The first-order chi connectivity index (χ1) is 9.43. The number of carbonyl (C=O) groups is 2. The van der Waals surface area contributed by atoms with E-state index in [9.17, 15) is 9.59 Å². The Kier molecular flexibility index (Phi) is 6.64. The van der Waals surface area contributed by atoms with Gasteiger partial charge in [-0.15, -0.1) is 11.3 Å². The topological polar surface area (TPSA) is 62.3 Å². The van der Waals surface area contributed by atoms with Crippen LogP contribution in [0.3, 0.4) is 0 Å². The lowest BCUT2D eigenvalue weighted by molar-refractivity contribution is -0.134. The first-order valence-electron chi connectivity index (χ1n) is 6.89. The summed E-state index contributed by atoms with van der Waals surface area (Å²) in [6.45, 7) is 6.89. The Balaban J connectivity index is 2.46. The molecule has 6 heteroatoms. The van der Waals surface area contributed by atoms with Gasteiger partial charge in [0.05, 0.1) is 23.7 Å². The Labute approximate surface area is 124 Å². The standard InChI is InChI=1S/C14H23N3O2S/c1-5-6-15-12(18)8-17(4)13(19)7-11-9-20-14(16-11)10(2)3/h9-10H,5-8H2,1-4H3,(H,15,18). The van der Waals surface area contributed by atoms with Crippen LogP contribution in [0.4, 0.5) is 0 Å². The normalized spacial score (nSPS) is 10.7. The van der Waals surface area contributed by atoms with Crippen molar-refractivity contribution in [1.29, 1.82) is 0 Å². The fraction of sp³-hybridized carbons (Fsp3) is 0.643. The molecule has 0 aromatic carbocycles. The van der Waals surface area contributed by atoms with Crippen LogP contribution in [-0.4, -0.2) is 41.8 Å². The van der Waals surface area contributed by atoms with Crippen LogP contribution in [0, 0.1) is 0 Å². The van der Waals surface area contributed by atoms with Crippen LogP contribution in [0.2, 0.25) is 0 Å². The van der Waals surface area contributed by atoms with Crippen molar-refractivity contribution in [3.8, 4) is 0 Å². The van der Waals surface area contributed by atoms with Crippen LogP contribution in [0.1, 0.15) is 43.8 Å². The molecule has 1 heterocycles.